The second kappa shape index (κ2) is 8.68. The number of fused-ring (bicyclic) bond motifs is 1. The number of hydrogen-bond acceptors (Lipinski definition) is 3. The molecule has 0 fully saturated rings. The molecule has 0 radical (unpaired) electrons. The SMILES string of the molecule is CNCC(F)(F)F.O=CNc1cccc(-c2cnc3cc(Cl)ccn23)c1. The minimum Gasteiger partial charge on any atom is -0.329 e. The first kappa shape index (κ1) is 19.7. The Hall–Kier alpha value is -2.58. The van der Waals surface area contributed by atoms with Gasteiger partial charge in [-0.25, -0.2) is 4.98 Å². The molecule has 1 amide bonds. The Morgan fingerprint density at radius 3 is 2.65 bits per heavy atom. The molecule has 138 valence electrons. The molecule has 5 nitrogen and oxygen atoms in total. The molecule has 9 heteroatoms. The number of carbonyl (C=O) groups is 1. The Morgan fingerprint density at radius 2 is 2.04 bits per heavy atom. The van der Waals surface area contributed by atoms with Crippen LogP contribution in [0.25, 0.3) is 16.9 Å². The number of anilines is 1. The van der Waals surface area contributed by atoms with Crippen molar-refractivity contribution >= 4 is 29.3 Å². The number of rotatable bonds is 4. The highest BCUT2D eigenvalue weighted by Gasteiger charge is 2.24. The minimum atomic E-state index is -4.06. The molecular formula is C17H16ClF3N4O. The number of nitrogens with one attached hydrogen (secondary N) is 2. The maximum Gasteiger partial charge on any atom is 0.401 e. The van der Waals surface area contributed by atoms with Crippen LogP contribution in [-0.2, 0) is 4.79 Å². The van der Waals surface area contributed by atoms with Gasteiger partial charge < -0.3 is 10.6 Å². The topological polar surface area (TPSA) is 58.4 Å². The van der Waals surface area contributed by atoms with Crippen molar-refractivity contribution in [3.8, 4) is 11.3 Å². The smallest absolute Gasteiger partial charge is 0.329 e. The Morgan fingerprint density at radius 1 is 1.27 bits per heavy atom. The fraction of sp³-hybridized carbons (Fsp3) is 0.176. The van der Waals surface area contributed by atoms with Gasteiger partial charge in [0.05, 0.1) is 18.4 Å². The standard InChI is InChI=1S/C14H10ClN3O.C3H6F3N/c15-11-4-5-18-13(8-16-14(18)7-11)10-2-1-3-12(6-10)17-9-19;1-7-2-3(4,5)6/h1-9H,(H,17,19);7H,2H2,1H3. The molecule has 0 unspecified atom stereocenters. The van der Waals surface area contributed by atoms with E-state index in [9.17, 15) is 18.0 Å². The van der Waals surface area contributed by atoms with Crippen LogP contribution in [0.1, 0.15) is 0 Å². The van der Waals surface area contributed by atoms with Crippen LogP contribution in [0.3, 0.4) is 0 Å². The fourth-order valence-corrected chi connectivity index (χ4v) is 2.36. The van der Waals surface area contributed by atoms with Crippen molar-refractivity contribution in [1.82, 2.24) is 14.7 Å². The summed E-state index contributed by atoms with van der Waals surface area (Å²) in [5.41, 5.74) is 3.45. The van der Waals surface area contributed by atoms with Gasteiger partial charge in [-0.3, -0.25) is 9.20 Å². The van der Waals surface area contributed by atoms with E-state index in [1.807, 2.05) is 46.2 Å². The normalized spacial score (nSPS) is 11.0. The predicted octanol–water partition coefficient (Wildman–Crippen LogP) is 3.99. The highest BCUT2D eigenvalue weighted by Crippen LogP contribution is 2.24. The monoisotopic (exact) mass is 384 g/mol. The van der Waals surface area contributed by atoms with E-state index in [4.69, 9.17) is 11.6 Å². The molecular weight excluding hydrogens is 369 g/mol. The lowest BCUT2D eigenvalue weighted by Crippen LogP contribution is -2.25. The zero-order valence-corrected chi connectivity index (χ0v) is 14.5. The maximum atomic E-state index is 11.0. The van der Waals surface area contributed by atoms with Crippen molar-refractivity contribution < 1.29 is 18.0 Å². The molecule has 0 aliphatic carbocycles. The molecule has 0 atom stereocenters. The summed E-state index contributed by atoms with van der Waals surface area (Å²) in [5, 5.41) is 5.27. The average Bonchev–Trinajstić information content (AvgIpc) is 2.98. The van der Waals surface area contributed by atoms with E-state index >= 15 is 0 Å². The number of benzene rings is 1. The number of halogens is 4. The molecule has 0 spiro atoms. The van der Waals surface area contributed by atoms with Gasteiger partial charge in [-0.1, -0.05) is 23.7 Å². The largest absolute Gasteiger partial charge is 0.401 e. The van der Waals surface area contributed by atoms with Gasteiger partial charge in [-0.2, -0.15) is 13.2 Å². The van der Waals surface area contributed by atoms with E-state index in [0.29, 0.717) is 11.4 Å². The Labute approximate surface area is 152 Å². The lowest BCUT2D eigenvalue weighted by Gasteiger charge is -2.04. The Bertz CT molecular complexity index is 880. The summed E-state index contributed by atoms with van der Waals surface area (Å²) in [6.07, 6.45) is 0.258. The fourth-order valence-electron chi connectivity index (χ4n) is 2.21. The molecule has 2 N–H and O–H groups in total. The van der Waals surface area contributed by atoms with E-state index in [-0.39, 0.29) is 0 Å². The van der Waals surface area contributed by atoms with Crippen LogP contribution in [0.2, 0.25) is 5.02 Å². The van der Waals surface area contributed by atoms with Crippen LogP contribution < -0.4 is 10.6 Å². The first-order valence-electron chi connectivity index (χ1n) is 7.48. The lowest BCUT2D eigenvalue weighted by molar-refractivity contribution is -0.123. The summed E-state index contributed by atoms with van der Waals surface area (Å²) in [5.74, 6) is 0. The van der Waals surface area contributed by atoms with E-state index in [1.54, 1.807) is 12.3 Å². The summed E-state index contributed by atoms with van der Waals surface area (Å²) >= 11 is 5.94. The van der Waals surface area contributed by atoms with Crippen molar-refractivity contribution in [3.63, 3.8) is 0 Å². The van der Waals surface area contributed by atoms with E-state index in [1.165, 1.54) is 7.05 Å². The highest BCUT2D eigenvalue weighted by molar-refractivity contribution is 6.30. The molecule has 0 aliphatic heterocycles. The molecule has 2 heterocycles. The van der Waals surface area contributed by atoms with Crippen molar-refractivity contribution in [2.75, 3.05) is 18.9 Å². The Kier molecular flexibility index (Phi) is 6.59. The van der Waals surface area contributed by atoms with E-state index in [2.05, 4.69) is 10.3 Å². The quantitative estimate of drug-likeness (QED) is 0.669. The zero-order chi connectivity index (χ0) is 19.2. The van der Waals surface area contributed by atoms with Crippen molar-refractivity contribution in [3.05, 3.63) is 53.8 Å². The number of alkyl halides is 3. The number of pyridine rings is 1. The molecule has 26 heavy (non-hydrogen) atoms. The molecule has 3 aromatic rings. The van der Waals surface area contributed by atoms with Crippen molar-refractivity contribution in [2.24, 2.45) is 0 Å². The van der Waals surface area contributed by atoms with Crippen molar-refractivity contribution in [2.45, 2.75) is 6.18 Å². The summed E-state index contributed by atoms with van der Waals surface area (Å²) in [6.45, 7) is -0.910. The summed E-state index contributed by atoms with van der Waals surface area (Å²) in [7, 11) is 1.26. The third-order valence-corrected chi connectivity index (χ3v) is 3.47. The zero-order valence-electron chi connectivity index (χ0n) is 13.7. The number of carbonyl (C=O) groups excluding carboxylic acids is 1. The average molecular weight is 385 g/mol. The molecule has 0 saturated carbocycles. The Balaban J connectivity index is 0.000000298. The predicted molar refractivity (Wildman–Crippen MR) is 95.3 cm³/mol. The lowest BCUT2D eigenvalue weighted by atomic mass is 10.1. The summed E-state index contributed by atoms with van der Waals surface area (Å²) < 4.78 is 34.9. The number of nitrogens with zero attached hydrogens (tertiary/aromatic N) is 2. The van der Waals surface area contributed by atoms with Crippen LogP contribution in [0.4, 0.5) is 18.9 Å². The maximum absolute atomic E-state index is 11.0. The van der Waals surface area contributed by atoms with Gasteiger partial charge in [0.15, 0.2) is 0 Å². The van der Waals surface area contributed by atoms with Gasteiger partial charge in [0.25, 0.3) is 0 Å². The molecule has 0 saturated heterocycles. The number of amides is 1. The van der Waals surface area contributed by atoms with E-state index in [0.717, 1.165) is 22.6 Å². The number of aromatic nitrogens is 2. The first-order valence-corrected chi connectivity index (χ1v) is 7.86. The second-order valence-electron chi connectivity index (χ2n) is 5.21. The minimum absolute atomic E-state index is 0.654. The molecule has 1 aromatic carbocycles. The van der Waals surface area contributed by atoms with Gasteiger partial charge in [0.2, 0.25) is 6.41 Å². The number of hydrogen-bond donors (Lipinski definition) is 2. The van der Waals surface area contributed by atoms with Crippen LogP contribution in [0.5, 0.6) is 0 Å². The molecule has 2 aromatic heterocycles. The summed E-state index contributed by atoms with van der Waals surface area (Å²) in [4.78, 5) is 14.8. The number of imidazole rings is 1. The van der Waals surface area contributed by atoms with Gasteiger partial charge in [0, 0.05) is 28.5 Å². The third-order valence-electron chi connectivity index (χ3n) is 3.24. The molecule has 0 bridgehead atoms. The van der Waals surface area contributed by atoms with Gasteiger partial charge in [0.1, 0.15) is 5.65 Å². The molecule has 3 rings (SSSR count). The highest BCUT2D eigenvalue weighted by atomic mass is 35.5. The van der Waals surface area contributed by atoms with Gasteiger partial charge >= 0.3 is 6.18 Å². The molecule has 0 aliphatic rings. The summed E-state index contributed by atoms with van der Waals surface area (Å²) in [6, 6.07) is 11.2. The van der Waals surface area contributed by atoms with Crippen LogP contribution >= 0.6 is 11.6 Å². The van der Waals surface area contributed by atoms with Gasteiger partial charge in [-0.15, -0.1) is 0 Å². The van der Waals surface area contributed by atoms with Crippen molar-refractivity contribution in [1.29, 1.82) is 0 Å². The van der Waals surface area contributed by atoms with Crippen LogP contribution in [0.15, 0.2) is 48.8 Å². The van der Waals surface area contributed by atoms with E-state index < -0.39 is 12.7 Å². The van der Waals surface area contributed by atoms with Gasteiger partial charge in [-0.05, 0) is 25.2 Å². The third kappa shape index (κ3) is 5.47. The second-order valence-corrected chi connectivity index (χ2v) is 5.64. The van der Waals surface area contributed by atoms with Crippen LogP contribution in [-0.4, -0.2) is 35.6 Å². The first-order chi connectivity index (χ1) is 12.3. The van der Waals surface area contributed by atoms with Crippen LogP contribution in [0, 0.1) is 0 Å².